The number of furan rings is 2. The Morgan fingerprint density at radius 2 is 1.10 bits per heavy atom. The van der Waals surface area contributed by atoms with Crippen LogP contribution < -0.4 is 4.90 Å². The molecule has 8 aromatic carbocycles. The summed E-state index contributed by atoms with van der Waals surface area (Å²) in [5.41, 5.74) is 14.4. The van der Waals surface area contributed by atoms with Gasteiger partial charge in [0.25, 0.3) is 0 Å². The van der Waals surface area contributed by atoms with Crippen molar-refractivity contribution in [1.29, 1.82) is 0 Å². The van der Waals surface area contributed by atoms with E-state index in [-0.39, 0.29) is 5.41 Å². The van der Waals surface area contributed by atoms with Gasteiger partial charge in [-0.15, -0.1) is 0 Å². The summed E-state index contributed by atoms with van der Waals surface area (Å²) < 4.78 is 12.8. The van der Waals surface area contributed by atoms with E-state index in [9.17, 15) is 0 Å². The third kappa shape index (κ3) is 4.14. The zero-order valence-electron chi connectivity index (χ0n) is 28.9. The molecule has 11 rings (SSSR count). The molecule has 0 saturated carbocycles. The lowest BCUT2D eigenvalue weighted by atomic mass is 9.82. The van der Waals surface area contributed by atoms with Crippen molar-refractivity contribution in [1.82, 2.24) is 0 Å². The highest BCUT2D eigenvalue weighted by Gasteiger charge is 2.35. The fourth-order valence-electron chi connectivity index (χ4n) is 8.72. The summed E-state index contributed by atoms with van der Waals surface area (Å²) in [6, 6.07) is 58.8. The van der Waals surface area contributed by atoms with Crippen molar-refractivity contribution in [3.63, 3.8) is 0 Å². The Hall–Kier alpha value is -6.58. The molecule has 2 heterocycles. The molecule has 3 heteroatoms. The van der Waals surface area contributed by atoms with Gasteiger partial charge in [0.2, 0.25) is 0 Å². The van der Waals surface area contributed by atoms with E-state index in [4.69, 9.17) is 8.83 Å². The van der Waals surface area contributed by atoms with Gasteiger partial charge >= 0.3 is 0 Å². The van der Waals surface area contributed by atoms with Gasteiger partial charge in [0.1, 0.15) is 22.3 Å². The van der Waals surface area contributed by atoms with Gasteiger partial charge in [-0.25, -0.2) is 0 Å². The average Bonchev–Trinajstić information content (AvgIpc) is 3.83. The molecule has 10 aromatic rings. The summed E-state index contributed by atoms with van der Waals surface area (Å²) in [4.78, 5) is 2.38. The largest absolute Gasteiger partial charge is 0.456 e. The van der Waals surface area contributed by atoms with E-state index >= 15 is 0 Å². The molecule has 0 atom stereocenters. The lowest BCUT2D eigenvalue weighted by Crippen LogP contribution is -2.16. The molecule has 0 spiro atoms. The summed E-state index contributed by atoms with van der Waals surface area (Å²) in [6.45, 7) is 4.68. The van der Waals surface area contributed by atoms with Crippen LogP contribution in [0.4, 0.5) is 17.1 Å². The van der Waals surface area contributed by atoms with E-state index in [0.29, 0.717) is 0 Å². The number of hydrogen-bond acceptors (Lipinski definition) is 3. The number of nitrogens with zero attached hydrogens (tertiary/aromatic N) is 1. The van der Waals surface area contributed by atoms with Crippen LogP contribution in [0, 0.1) is 0 Å². The molecule has 0 aliphatic heterocycles. The normalized spacial score (nSPS) is 13.3. The maximum atomic E-state index is 6.53. The van der Waals surface area contributed by atoms with Gasteiger partial charge in [-0.05, 0) is 99.4 Å². The molecule has 246 valence electrons. The SMILES string of the molecule is CC1(C)c2ccccc2-c2ccc(N(c3ccc(-c4cccc5oc6c7ccccc7ccc6c45)cc3)c3ccc4oc5ccccc5c4c3)cc21. The third-order valence-corrected chi connectivity index (χ3v) is 11.3. The average molecular weight is 668 g/mol. The minimum absolute atomic E-state index is 0.112. The topological polar surface area (TPSA) is 29.5 Å². The Morgan fingerprint density at radius 3 is 2.00 bits per heavy atom. The van der Waals surface area contributed by atoms with Crippen molar-refractivity contribution in [2.24, 2.45) is 0 Å². The molecule has 0 unspecified atom stereocenters. The number of rotatable bonds is 4. The molecule has 3 nitrogen and oxygen atoms in total. The van der Waals surface area contributed by atoms with Crippen LogP contribution >= 0.6 is 0 Å². The van der Waals surface area contributed by atoms with Crippen LogP contribution in [-0.2, 0) is 5.41 Å². The van der Waals surface area contributed by atoms with Gasteiger partial charge < -0.3 is 13.7 Å². The van der Waals surface area contributed by atoms with Crippen LogP contribution in [0.5, 0.6) is 0 Å². The van der Waals surface area contributed by atoms with Crippen LogP contribution in [0.2, 0.25) is 0 Å². The van der Waals surface area contributed by atoms with E-state index in [0.717, 1.165) is 77.5 Å². The standard InChI is InChI=1S/C49H33NO2/c1-49(2)42-15-7-5-12-37(42)38-26-23-34(29-43(38)49)50(33-24-27-45-41(28-33)39-13-6-8-16-44(39)51-45)32-21-18-31(19-22-32)35-14-9-17-46-47(35)40-25-20-30-10-3-4-11-36(30)48(40)52-46/h3-29H,1-2H3. The predicted molar refractivity (Wildman–Crippen MR) is 216 cm³/mol. The molecule has 0 saturated heterocycles. The highest BCUT2D eigenvalue weighted by Crippen LogP contribution is 2.51. The molecular formula is C49H33NO2. The van der Waals surface area contributed by atoms with Crippen molar-refractivity contribution >= 4 is 71.7 Å². The summed E-state index contributed by atoms with van der Waals surface area (Å²) in [7, 11) is 0. The number of hydrogen-bond donors (Lipinski definition) is 0. The van der Waals surface area contributed by atoms with E-state index < -0.39 is 0 Å². The van der Waals surface area contributed by atoms with Crippen LogP contribution in [0.15, 0.2) is 173 Å². The highest BCUT2D eigenvalue weighted by molar-refractivity contribution is 6.19. The molecule has 2 aromatic heterocycles. The number of para-hydroxylation sites is 1. The van der Waals surface area contributed by atoms with Crippen molar-refractivity contribution in [2.75, 3.05) is 4.90 Å². The fourth-order valence-corrected chi connectivity index (χ4v) is 8.72. The summed E-state index contributed by atoms with van der Waals surface area (Å²) in [6.07, 6.45) is 0. The molecule has 0 N–H and O–H groups in total. The second-order valence-electron chi connectivity index (χ2n) is 14.5. The lowest BCUT2D eigenvalue weighted by molar-refractivity contribution is 0.660. The molecule has 1 aliphatic carbocycles. The molecule has 0 fully saturated rings. The second-order valence-corrected chi connectivity index (χ2v) is 14.5. The van der Waals surface area contributed by atoms with Gasteiger partial charge in [-0.2, -0.15) is 0 Å². The molecule has 52 heavy (non-hydrogen) atoms. The van der Waals surface area contributed by atoms with Gasteiger partial charge in [0.15, 0.2) is 0 Å². The molecule has 0 radical (unpaired) electrons. The zero-order chi connectivity index (χ0) is 34.6. The van der Waals surface area contributed by atoms with E-state index in [1.54, 1.807) is 0 Å². The minimum atomic E-state index is -0.112. The van der Waals surface area contributed by atoms with E-state index in [1.807, 2.05) is 12.1 Å². The summed E-state index contributed by atoms with van der Waals surface area (Å²) >= 11 is 0. The van der Waals surface area contributed by atoms with Crippen molar-refractivity contribution < 1.29 is 8.83 Å². The number of benzene rings is 8. The molecule has 0 bridgehead atoms. The lowest BCUT2D eigenvalue weighted by Gasteiger charge is -2.28. The van der Waals surface area contributed by atoms with Gasteiger partial charge in [-0.3, -0.25) is 0 Å². The molecule has 0 amide bonds. The van der Waals surface area contributed by atoms with Gasteiger partial charge in [0.05, 0.1) is 0 Å². The first-order chi connectivity index (χ1) is 25.5. The summed E-state index contributed by atoms with van der Waals surface area (Å²) in [5.74, 6) is 0. The smallest absolute Gasteiger partial charge is 0.143 e. The van der Waals surface area contributed by atoms with Crippen molar-refractivity contribution in [3.8, 4) is 22.3 Å². The van der Waals surface area contributed by atoms with Gasteiger partial charge in [0, 0.05) is 49.4 Å². The minimum Gasteiger partial charge on any atom is -0.456 e. The number of fused-ring (bicyclic) bond motifs is 11. The maximum absolute atomic E-state index is 6.53. The van der Waals surface area contributed by atoms with E-state index in [2.05, 4.69) is 170 Å². The predicted octanol–water partition coefficient (Wildman–Crippen LogP) is 14.1. The second kappa shape index (κ2) is 10.7. The Balaban J connectivity index is 1.08. The monoisotopic (exact) mass is 667 g/mol. The van der Waals surface area contributed by atoms with E-state index in [1.165, 1.54) is 27.6 Å². The Bertz CT molecular complexity index is 3050. The fraction of sp³-hybridized carbons (Fsp3) is 0.0612. The summed E-state index contributed by atoms with van der Waals surface area (Å²) in [5, 5.41) is 6.82. The zero-order valence-corrected chi connectivity index (χ0v) is 28.9. The van der Waals surface area contributed by atoms with Crippen LogP contribution in [-0.4, -0.2) is 0 Å². The van der Waals surface area contributed by atoms with Crippen molar-refractivity contribution in [3.05, 3.63) is 175 Å². The van der Waals surface area contributed by atoms with Crippen LogP contribution in [0.3, 0.4) is 0 Å². The molecular weight excluding hydrogens is 635 g/mol. The maximum Gasteiger partial charge on any atom is 0.143 e. The quantitative estimate of drug-likeness (QED) is 0.187. The third-order valence-electron chi connectivity index (χ3n) is 11.3. The Morgan fingerprint density at radius 1 is 0.423 bits per heavy atom. The first-order valence-corrected chi connectivity index (χ1v) is 17.9. The molecule has 1 aliphatic rings. The van der Waals surface area contributed by atoms with Crippen LogP contribution in [0.1, 0.15) is 25.0 Å². The van der Waals surface area contributed by atoms with Gasteiger partial charge in [-0.1, -0.05) is 117 Å². The highest BCUT2D eigenvalue weighted by atomic mass is 16.3. The first kappa shape index (κ1) is 29.2. The Labute approximate surface area is 301 Å². The van der Waals surface area contributed by atoms with Crippen molar-refractivity contribution in [2.45, 2.75) is 19.3 Å². The Kier molecular flexibility index (Phi) is 6.01. The number of anilines is 3. The first-order valence-electron chi connectivity index (χ1n) is 17.9. The van der Waals surface area contributed by atoms with Crippen LogP contribution in [0.25, 0.3) is 76.9 Å².